The molecule has 3 heterocycles. The number of fused-ring (bicyclic) bond motifs is 1. The Kier molecular flexibility index (Phi) is 6.74. The van der Waals surface area contributed by atoms with Crippen molar-refractivity contribution in [2.75, 3.05) is 25.4 Å². The zero-order valence-electron chi connectivity index (χ0n) is 20.3. The van der Waals surface area contributed by atoms with Crippen LogP contribution >= 0.6 is 0 Å². The highest BCUT2D eigenvalue weighted by Crippen LogP contribution is 2.34. The smallest absolute Gasteiger partial charge is 0.293 e. The average molecular weight is 501 g/mol. The number of nitrogens with zero attached hydrogens (tertiary/aromatic N) is 5. The van der Waals surface area contributed by atoms with Crippen molar-refractivity contribution in [2.45, 2.75) is 25.4 Å². The fourth-order valence-corrected chi connectivity index (χ4v) is 4.73. The molecule has 5 rings (SSSR count). The molecule has 4 aromatic rings. The van der Waals surface area contributed by atoms with Gasteiger partial charge in [0.05, 0.1) is 24.6 Å². The first-order valence-corrected chi connectivity index (χ1v) is 12.1. The van der Waals surface area contributed by atoms with E-state index >= 15 is 0 Å². The minimum atomic E-state index is -0.395. The predicted molar refractivity (Wildman–Crippen MR) is 140 cm³/mol. The Morgan fingerprint density at radius 3 is 2.57 bits per heavy atom. The molecule has 1 saturated heterocycles. The summed E-state index contributed by atoms with van der Waals surface area (Å²) in [6.45, 7) is 4.36. The molecule has 2 aromatic heterocycles. The van der Waals surface area contributed by atoms with Crippen molar-refractivity contribution in [1.29, 1.82) is 0 Å². The lowest BCUT2D eigenvalue weighted by Crippen LogP contribution is -2.40. The van der Waals surface area contributed by atoms with Crippen LogP contribution in [0.4, 0.5) is 5.82 Å². The van der Waals surface area contributed by atoms with Gasteiger partial charge >= 0.3 is 0 Å². The lowest BCUT2D eigenvalue weighted by Gasteiger charge is -2.32. The van der Waals surface area contributed by atoms with Crippen molar-refractivity contribution in [2.24, 2.45) is 0 Å². The van der Waals surface area contributed by atoms with Crippen molar-refractivity contribution >= 4 is 22.6 Å². The molecule has 1 aliphatic rings. The zero-order chi connectivity index (χ0) is 25.9. The molecule has 10 nitrogen and oxygen atoms in total. The molecule has 10 heteroatoms. The van der Waals surface area contributed by atoms with E-state index in [0.29, 0.717) is 35.4 Å². The number of nitrogen functional groups attached to an aromatic ring is 1. The van der Waals surface area contributed by atoms with Gasteiger partial charge in [0, 0.05) is 18.7 Å². The molecule has 1 atom stereocenters. The summed E-state index contributed by atoms with van der Waals surface area (Å²) in [5, 5.41) is 19.0. The first kappa shape index (κ1) is 24.3. The van der Waals surface area contributed by atoms with Gasteiger partial charge in [-0.25, -0.2) is 4.68 Å². The molecule has 37 heavy (non-hydrogen) atoms. The van der Waals surface area contributed by atoms with E-state index in [4.69, 9.17) is 15.6 Å². The Hall–Kier alpha value is -4.44. The maximum atomic E-state index is 13.5. The Bertz CT molecular complexity index is 1490. The number of anilines is 1. The van der Waals surface area contributed by atoms with Crippen molar-refractivity contribution in [1.82, 2.24) is 24.5 Å². The van der Waals surface area contributed by atoms with E-state index in [0.717, 1.165) is 28.8 Å². The number of hydrogen-bond acceptors (Lipinski definition) is 7. The summed E-state index contributed by atoms with van der Waals surface area (Å²) >= 11 is 0. The lowest BCUT2D eigenvalue weighted by atomic mass is 10.1. The Balaban J connectivity index is 1.60. The van der Waals surface area contributed by atoms with E-state index in [1.54, 1.807) is 9.58 Å². The number of aliphatic hydroxyl groups is 1. The summed E-state index contributed by atoms with van der Waals surface area (Å²) < 4.78 is 8.74. The van der Waals surface area contributed by atoms with Crippen LogP contribution in [0.5, 0.6) is 11.5 Å². The average Bonchev–Trinajstić information content (AvgIpc) is 3.34. The summed E-state index contributed by atoms with van der Waals surface area (Å²) in [6.07, 6.45) is 2.80. The van der Waals surface area contributed by atoms with Crippen LogP contribution in [-0.2, 0) is 11.3 Å². The topological polar surface area (TPSA) is 128 Å². The van der Waals surface area contributed by atoms with Gasteiger partial charge in [0.2, 0.25) is 5.91 Å². The molecule has 1 aliphatic heterocycles. The van der Waals surface area contributed by atoms with E-state index in [1.165, 1.54) is 6.08 Å². The van der Waals surface area contributed by atoms with Gasteiger partial charge < -0.3 is 20.5 Å². The second kappa shape index (κ2) is 10.3. The molecule has 3 N–H and O–H groups in total. The monoisotopic (exact) mass is 500 g/mol. The van der Waals surface area contributed by atoms with E-state index in [1.807, 2.05) is 54.6 Å². The summed E-state index contributed by atoms with van der Waals surface area (Å²) in [5.41, 5.74) is 7.53. The molecular formula is C27H28N6O4. The first-order chi connectivity index (χ1) is 18.0. The SMILES string of the molecule is C=CC(=O)N1CCCC(n2nc(-c3ccc(Oc4ccccc4)cc3)c3c(N)nn(CCO)c(=O)c32)C1. The summed E-state index contributed by atoms with van der Waals surface area (Å²) in [4.78, 5) is 27.5. The van der Waals surface area contributed by atoms with E-state index < -0.39 is 5.56 Å². The highest BCUT2D eigenvalue weighted by atomic mass is 16.5. The molecule has 1 unspecified atom stereocenters. The summed E-state index contributed by atoms with van der Waals surface area (Å²) in [6, 6.07) is 16.6. The van der Waals surface area contributed by atoms with Gasteiger partial charge in [-0.15, -0.1) is 0 Å². The van der Waals surface area contributed by atoms with Crippen LogP contribution in [-0.4, -0.2) is 55.2 Å². The third-order valence-corrected chi connectivity index (χ3v) is 6.48. The number of amides is 1. The first-order valence-electron chi connectivity index (χ1n) is 12.1. The number of para-hydroxylation sites is 1. The van der Waals surface area contributed by atoms with Crippen molar-refractivity contribution < 1.29 is 14.6 Å². The number of aromatic nitrogens is 4. The fourth-order valence-electron chi connectivity index (χ4n) is 4.73. The third-order valence-electron chi connectivity index (χ3n) is 6.48. The highest BCUT2D eigenvalue weighted by Gasteiger charge is 2.29. The molecule has 0 bridgehead atoms. The Morgan fingerprint density at radius 1 is 1.14 bits per heavy atom. The number of carbonyl (C=O) groups is 1. The maximum Gasteiger partial charge on any atom is 0.293 e. The van der Waals surface area contributed by atoms with Crippen LogP contribution in [0.1, 0.15) is 18.9 Å². The molecule has 0 radical (unpaired) electrons. The second-order valence-corrected chi connectivity index (χ2v) is 8.88. The zero-order valence-corrected chi connectivity index (χ0v) is 20.3. The van der Waals surface area contributed by atoms with Gasteiger partial charge in [-0.2, -0.15) is 10.2 Å². The Morgan fingerprint density at radius 2 is 1.86 bits per heavy atom. The van der Waals surface area contributed by atoms with Crippen molar-refractivity contribution in [3.8, 4) is 22.8 Å². The number of aliphatic hydroxyl groups excluding tert-OH is 1. The number of benzene rings is 2. The minimum absolute atomic E-state index is 0.0107. The normalized spacial score (nSPS) is 15.6. The quantitative estimate of drug-likeness (QED) is 0.373. The van der Waals surface area contributed by atoms with Gasteiger partial charge in [0.25, 0.3) is 5.56 Å². The summed E-state index contributed by atoms with van der Waals surface area (Å²) in [7, 11) is 0. The van der Waals surface area contributed by atoms with Crippen molar-refractivity contribution in [3.63, 3.8) is 0 Å². The fraction of sp³-hybridized carbons (Fsp3) is 0.259. The molecule has 1 amide bonds. The number of rotatable bonds is 7. The lowest BCUT2D eigenvalue weighted by molar-refractivity contribution is -0.127. The molecule has 1 fully saturated rings. The number of carbonyl (C=O) groups excluding carboxylic acids is 1. The van der Waals surface area contributed by atoms with E-state index in [2.05, 4.69) is 11.7 Å². The maximum absolute atomic E-state index is 13.5. The van der Waals surface area contributed by atoms with E-state index in [9.17, 15) is 14.7 Å². The summed E-state index contributed by atoms with van der Waals surface area (Å²) in [5.74, 6) is 1.36. The van der Waals surface area contributed by atoms with Crippen LogP contribution in [0, 0.1) is 0 Å². The van der Waals surface area contributed by atoms with Gasteiger partial charge in [-0.05, 0) is 55.3 Å². The molecule has 0 saturated carbocycles. The molecule has 0 aliphatic carbocycles. The molecular weight excluding hydrogens is 472 g/mol. The third kappa shape index (κ3) is 4.70. The molecule has 2 aromatic carbocycles. The number of nitrogens with two attached hydrogens (primary N) is 1. The van der Waals surface area contributed by atoms with Crippen molar-refractivity contribution in [3.05, 3.63) is 77.6 Å². The Labute approximate surface area is 213 Å². The van der Waals surface area contributed by atoms with Gasteiger partial charge in [0.15, 0.2) is 5.82 Å². The number of hydrogen-bond donors (Lipinski definition) is 2. The van der Waals surface area contributed by atoms with Crippen LogP contribution in [0.15, 0.2) is 72.0 Å². The minimum Gasteiger partial charge on any atom is -0.457 e. The number of likely N-dealkylation sites (tertiary alicyclic amines) is 1. The van der Waals surface area contributed by atoms with Crippen LogP contribution in [0.2, 0.25) is 0 Å². The van der Waals surface area contributed by atoms with Gasteiger partial charge in [-0.3, -0.25) is 14.3 Å². The standard InChI is InChI=1S/C27H28N6O4/c1-2-22(35)31-14-6-7-19(17-31)33-25-23(26(28)30-32(15-16-34)27(25)36)24(29-33)18-10-12-21(13-11-18)37-20-8-4-3-5-9-20/h2-5,8-13,19,34H,1,6-7,14-17H2,(H2,28,30). The van der Waals surface area contributed by atoms with Crippen LogP contribution in [0.25, 0.3) is 22.2 Å². The highest BCUT2D eigenvalue weighted by molar-refractivity contribution is 5.99. The number of ether oxygens (including phenoxy) is 1. The molecule has 190 valence electrons. The second-order valence-electron chi connectivity index (χ2n) is 8.88. The van der Waals surface area contributed by atoms with Gasteiger partial charge in [0.1, 0.15) is 22.7 Å². The predicted octanol–water partition coefficient (Wildman–Crippen LogP) is 2.98. The number of piperidine rings is 1. The van der Waals surface area contributed by atoms with Gasteiger partial charge in [-0.1, -0.05) is 24.8 Å². The van der Waals surface area contributed by atoms with Crippen LogP contribution in [0.3, 0.4) is 0 Å². The van der Waals surface area contributed by atoms with E-state index in [-0.39, 0.29) is 30.9 Å². The molecule has 0 spiro atoms. The van der Waals surface area contributed by atoms with Crippen LogP contribution < -0.4 is 16.0 Å². The largest absolute Gasteiger partial charge is 0.457 e.